The zero-order valence-electron chi connectivity index (χ0n) is 13.4. The first-order valence-electron chi connectivity index (χ1n) is 8.57. The van der Waals surface area contributed by atoms with Crippen LogP contribution in [0.1, 0.15) is 45.4 Å². The average molecular weight is 297 g/mol. The van der Waals surface area contributed by atoms with Crippen molar-refractivity contribution in [2.24, 2.45) is 11.7 Å². The van der Waals surface area contributed by atoms with Crippen molar-refractivity contribution in [1.29, 1.82) is 0 Å². The van der Waals surface area contributed by atoms with Gasteiger partial charge in [-0.05, 0) is 44.6 Å². The van der Waals surface area contributed by atoms with Crippen LogP contribution < -0.4 is 11.1 Å². The molecule has 122 valence electrons. The number of likely N-dealkylation sites (tertiary alicyclic amines) is 1. The monoisotopic (exact) mass is 297 g/mol. The van der Waals surface area contributed by atoms with Crippen LogP contribution in [0.15, 0.2) is 0 Å². The third-order valence-corrected chi connectivity index (χ3v) is 5.00. The van der Waals surface area contributed by atoms with Gasteiger partial charge in [-0.1, -0.05) is 13.3 Å². The number of hydrogen-bond acceptors (Lipinski definition) is 4. The predicted octanol–water partition coefficient (Wildman–Crippen LogP) is 1.12. The Kier molecular flexibility index (Phi) is 6.93. The molecule has 0 spiro atoms. The van der Waals surface area contributed by atoms with Gasteiger partial charge in [0.05, 0.1) is 6.04 Å². The normalized spacial score (nSPS) is 26.5. The van der Waals surface area contributed by atoms with Gasteiger partial charge in [0.15, 0.2) is 0 Å². The summed E-state index contributed by atoms with van der Waals surface area (Å²) in [5.41, 5.74) is 6.08. The fraction of sp³-hybridized carbons (Fsp3) is 0.938. The van der Waals surface area contributed by atoms with Crippen LogP contribution in [0, 0.1) is 5.92 Å². The molecule has 2 heterocycles. The van der Waals surface area contributed by atoms with Crippen molar-refractivity contribution in [2.75, 3.05) is 32.8 Å². The first-order chi connectivity index (χ1) is 10.2. The van der Waals surface area contributed by atoms with Gasteiger partial charge in [0.1, 0.15) is 0 Å². The molecule has 2 aliphatic heterocycles. The summed E-state index contributed by atoms with van der Waals surface area (Å²) in [5, 5.41) is 3.03. The third kappa shape index (κ3) is 4.94. The highest BCUT2D eigenvalue weighted by Crippen LogP contribution is 2.19. The van der Waals surface area contributed by atoms with Gasteiger partial charge in [-0.15, -0.1) is 0 Å². The van der Waals surface area contributed by atoms with E-state index in [2.05, 4.69) is 17.1 Å². The smallest absolute Gasteiger partial charge is 0.237 e. The molecule has 2 saturated heterocycles. The zero-order valence-corrected chi connectivity index (χ0v) is 13.4. The Balaban J connectivity index is 1.68. The molecule has 3 N–H and O–H groups in total. The molecule has 1 amide bonds. The van der Waals surface area contributed by atoms with Gasteiger partial charge in [-0.25, -0.2) is 0 Å². The molecule has 0 saturated carbocycles. The maximum Gasteiger partial charge on any atom is 0.237 e. The van der Waals surface area contributed by atoms with Crippen LogP contribution in [0.25, 0.3) is 0 Å². The minimum absolute atomic E-state index is 0.00644. The number of nitrogens with zero attached hydrogens (tertiary/aromatic N) is 1. The average Bonchev–Trinajstić information content (AvgIpc) is 2.55. The lowest BCUT2D eigenvalue weighted by Crippen LogP contribution is -2.49. The van der Waals surface area contributed by atoms with E-state index in [4.69, 9.17) is 10.5 Å². The summed E-state index contributed by atoms with van der Waals surface area (Å²) in [6.45, 7) is 6.55. The van der Waals surface area contributed by atoms with Crippen molar-refractivity contribution >= 4 is 5.91 Å². The Bertz CT molecular complexity index is 319. The molecular weight excluding hydrogens is 266 g/mol. The first kappa shape index (κ1) is 16.7. The molecule has 0 aromatic heterocycles. The fourth-order valence-corrected chi connectivity index (χ4v) is 3.55. The second kappa shape index (κ2) is 8.71. The molecule has 2 fully saturated rings. The van der Waals surface area contributed by atoms with Crippen LogP contribution >= 0.6 is 0 Å². The van der Waals surface area contributed by atoms with E-state index in [1.54, 1.807) is 0 Å². The van der Waals surface area contributed by atoms with Crippen LogP contribution in [0.2, 0.25) is 0 Å². The van der Waals surface area contributed by atoms with Gasteiger partial charge in [0.25, 0.3) is 0 Å². The predicted molar refractivity (Wildman–Crippen MR) is 84.0 cm³/mol. The highest BCUT2D eigenvalue weighted by molar-refractivity contribution is 5.81. The molecule has 5 heteroatoms. The Labute approximate surface area is 128 Å². The standard InChI is InChI=1S/C16H31N3O2/c1-2-14-5-3-4-9-19(14)10-8-18-16(20)15(17)13-6-11-21-12-7-13/h13-15H,2-12,17H2,1H3,(H,18,20). The van der Waals surface area contributed by atoms with E-state index >= 15 is 0 Å². The van der Waals surface area contributed by atoms with Gasteiger partial charge in [0, 0.05) is 32.3 Å². The SMILES string of the molecule is CCC1CCCCN1CCNC(=O)C(N)C1CCOCC1. The summed E-state index contributed by atoms with van der Waals surface area (Å²) in [5.74, 6) is 0.282. The van der Waals surface area contributed by atoms with Crippen molar-refractivity contribution in [1.82, 2.24) is 10.2 Å². The summed E-state index contributed by atoms with van der Waals surface area (Å²) < 4.78 is 5.32. The molecule has 5 nitrogen and oxygen atoms in total. The molecule has 0 aromatic rings. The van der Waals surface area contributed by atoms with Crippen LogP contribution in [0.5, 0.6) is 0 Å². The quantitative estimate of drug-likeness (QED) is 0.771. The van der Waals surface area contributed by atoms with Crippen molar-refractivity contribution in [2.45, 2.75) is 57.5 Å². The van der Waals surface area contributed by atoms with Gasteiger partial charge < -0.3 is 15.8 Å². The third-order valence-electron chi connectivity index (χ3n) is 5.00. The first-order valence-corrected chi connectivity index (χ1v) is 8.57. The second-order valence-corrected chi connectivity index (χ2v) is 6.36. The lowest BCUT2D eigenvalue weighted by molar-refractivity contribution is -0.124. The topological polar surface area (TPSA) is 67.6 Å². The second-order valence-electron chi connectivity index (χ2n) is 6.36. The molecule has 2 rings (SSSR count). The minimum Gasteiger partial charge on any atom is -0.381 e. The Morgan fingerprint density at radius 2 is 2.10 bits per heavy atom. The summed E-state index contributed by atoms with van der Waals surface area (Å²) in [4.78, 5) is 14.7. The van der Waals surface area contributed by atoms with E-state index in [-0.39, 0.29) is 17.9 Å². The van der Waals surface area contributed by atoms with Gasteiger partial charge in [0.2, 0.25) is 5.91 Å². The number of piperidine rings is 1. The molecule has 0 aromatic carbocycles. The summed E-state index contributed by atoms with van der Waals surface area (Å²) in [6.07, 6.45) is 6.93. The molecule has 2 atom stereocenters. The number of rotatable bonds is 6. The van der Waals surface area contributed by atoms with Crippen molar-refractivity contribution in [3.63, 3.8) is 0 Å². The number of carbonyl (C=O) groups is 1. The van der Waals surface area contributed by atoms with Gasteiger partial charge in [-0.3, -0.25) is 9.69 Å². The van der Waals surface area contributed by atoms with E-state index < -0.39 is 0 Å². The summed E-state index contributed by atoms with van der Waals surface area (Å²) >= 11 is 0. The Hall–Kier alpha value is -0.650. The summed E-state index contributed by atoms with van der Waals surface area (Å²) in [7, 11) is 0. The van der Waals surface area contributed by atoms with Crippen molar-refractivity contribution in [3.8, 4) is 0 Å². The number of hydrogen-bond donors (Lipinski definition) is 2. The highest BCUT2D eigenvalue weighted by atomic mass is 16.5. The van der Waals surface area contributed by atoms with E-state index in [1.165, 1.54) is 32.2 Å². The molecular formula is C16H31N3O2. The van der Waals surface area contributed by atoms with Gasteiger partial charge in [-0.2, -0.15) is 0 Å². The number of nitrogens with one attached hydrogen (secondary N) is 1. The molecule has 21 heavy (non-hydrogen) atoms. The molecule has 2 unspecified atom stereocenters. The lowest BCUT2D eigenvalue weighted by Gasteiger charge is -2.35. The number of nitrogens with two attached hydrogens (primary N) is 1. The van der Waals surface area contributed by atoms with Crippen LogP contribution in [0.3, 0.4) is 0 Å². The minimum atomic E-state index is -0.378. The summed E-state index contributed by atoms with van der Waals surface area (Å²) in [6, 6.07) is 0.317. The maximum absolute atomic E-state index is 12.1. The number of amides is 1. The highest BCUT2D eigenvalue weighted by Gasteiger charge is 2.26. The zero-order chi connectivity index (χ0) is 15.1. The van der Waals surface area contributed by atoms with E-state index in [9.17, 15) is 4.79 Å². The Morgan fingerprint density at radius 1 is 1.33 bits per heavy atom. The van der Waals surface area contributed by atoms with Crippen LogP contribution in [-0.2, 0) is 9.53 Å². The van der Waals surface area contributed by atoms with Crippen LogP contribution in [-0.4, -0.2) is 55.7 Å². The van der Waals surface area contributed by atoms with Gasteiger partial charge >= 0.3 is 0 Å². The largest absolute Gasteiger partial charge is 0.381 e. The van der Waals surface area contributed by atoms with Crippen LogP contribution in [0.4, 0.5) is 0 Å². The number of carbonyl (C=O) groups excluding carboxylic acids is 1. The number of ether oxygens (including phenoxy) is 1. The maximum atomic E-state index is 12.1. The van der Waals surface area contributed by atoms with Crippen molar-refractivity contribution < 1.29 is 9.53 Å². The van der Waals surface area contributed by atoms with E-state index in [1.807, 2.05) is 0 Å². The molecule has 0 aliphatic carbocycles. The van der Waals surface area contributed by atoms with Crippen molar-refractivity contribution in [3.05, 3.63) is 0 Å². The van der Waals surface area contributed by atoms with E-state index in [0.717, 1.165) is 32.6 Å². The molecule has 0 radical (unpaired) electrons. The van der Waals surface area contributed by atoms with E-state index in [0.29, 0.717) is 12.6 Å². The molecule has 0 bridgehead atoms. The fourth-order valence-electron chi connectivity index (χ4n) is 3.55. The lowest BCUT2D eigenvalue weighted by atomic mass is 9.92. The molecule has 2 aliphatic rings. The Morgan fingerprint density at radius 3 is 2.81 bits per heavy atom.